The van der Waals surface area contributed by atoms with Crippen LogP contribution < -0.4 is 16.0 Å². The summed E-state index contributed by atoms with van der Waals surface area (Å²) < 4.78 is 24.8. The van der Waals surface area contributed by atoms with E-state index >= 15 is 0 Å². The largest absolute Gasteiger partial charge is 0.426 e. The highest BCUT2D eigenvalue weighted by Crippen LogP contribution is 2.47. The van der Waals surface area contributed by atoms with E-state index in [1.807, 2.05) is 24.3 Å². The number of rotatable bonds is 6. The Morgan fingerprint density at radius 2 is 2.29 bits per heavy atom. The molecule has 28 heavy (non-hydrogen) atoms. The smallest absolute Gasteiger partial charge is 0.397 e. The summed E-state index contributed by atoms with van der Waals surface area (Å²) in [6, 6.07) is 7.71. The molecule has 4 rings (SSSR count). The second-order valence-electron chi connectivity index (χ2n) is 6.25. The van der Waals surface area contributed by atoms with Gasteiger partial charge in [-0.25, -0.2) is 9.98 Å². The molecule has 1 aromatic heterocycles. The number of fused-ring (bicyclic) bond motifs is 1. The van der Waals surface area contributed by atoms with Crippen LogP contribution in [0, 0.1) is 0 Å². The van der Waals surface area contributed by atoms with Gasteiger partial charge in [-0.1, -0.05) is 18.2 Å². The molecule has 1 aromatic carbocycles. The quantitative estimate of drug-likeness (QED) is 0.427. The van der Waals surface area contributed by atoms with Crippen LogP contribution in [-0.4, -0.2) is 34.5 Å². The Labute approximate surface area is 162 Å². The number of benzene rings is 1. The minimum absolute atomic E-state index is 0.0520. The number of carbonyl (C=O) groups is 1. The molecule has 4 N–H and O–H groups in total. The zero-order chi connectivity index (χ0) is 19.5. The number of primary amides is 1. The van der Waals surface area contributed by atoms with Crippen molar-refractivity contribution in [1.82, 2.24) is 9.55 Å². The second-order valence-corrected chi connectivity index (χ2v) is 7.39. The maximum absolute atomic E-state index is 11.5. The Morgan fingerprint density at radius 1 is 1.43 bits per heavy atom. The van der Waals surface area contributed by atoms with E-state index in [-0.39, 0.29) is 23.8 Å². The lowest BCUT2D eigenvalue weighted by atomic mass is 10.2. The van der Waals surface area contributed by atoms with Gasteiger partial charge in [-0.15, -0.1) is 0 Å². The van der Waals surface area contributed by atoms with Crippen LogP contribution in [0.2, 0.25) is 0 Å². The molecule has 3 atom stereocenters. The fourth-order valence-electron chi connectivity index (χ4n) is 3.10. The van der Waals surface area contributed by atoms with E-state index in [0.29, 0.717) is 19.6 Å². The number of nitrogens with two attached hydrogens (primary N) is 2. The van der Waals surface area contributed by atoms with Crippen molar-refractivity contribution in [2.45, 2.75) is 31.8 Å². The summed E-state index contributed by atoms with van der Waals surface area (Å²) in [6.45, 7) is 0.790. The average Bonchev–Trinajstić information content (AvgIpc) is 3.33. The van der Waals surface area contributed by atoms with Crippen LogP contribution in [0.4, 0.5) is 5.82 Å². The SMILES string of the molecule is N/C=N\c1c(C(N)=O)ncn1C1CCC(COP2OCc3ccccc3O2)O1. The van der Waals surface area contributed by atoms with Crippen molar-refractivity contribution in [1.29, 1.82) is 0 Å². The molecule has 0 saturated carbocycles. The highest BCUT2D eigenvalue weighted by molar-refractivity contribution is 7.42. The van der Waals surface area contributed by atoms with Crippen molar-refractivity contribution in [3.05, 3.63) is 41.9 Å². The van der Waals surface area contributed by atoms with Crippen LogP contribution in [0.15, 0.2) is 35.6 Å². The normalized spacial score (nSPS) is 24.2. The van der Waals surface area contributed by atoms with Gasteiger partial charge in [-0.2, -0.15) is 0 Å². The first kappa shape index (κ1) is 18.8. The van der Waals surface area contributed by atoms with Gasteiger partial charge < -0.3 is 20.7 Å². The molecule has 0 aliphatic carbocycles. The van der Waals surface area contributed by atoms with Crippen LogP contribution in [0.5, 0.6) is 5.75 Å². The van der Waals surface area contributed by atoms with Crippen molar-refractivity contribution in [2.24, 2.45) is 16.5 Å². The highest BCUT2D eigenvalue weighted by Gasteiger charge is 2.32. The summed E-state index contributed by atoms with van der Waals surface area (Å²) in [4.78, 5) is 19.5. The van der Waals surface area contributed by atoms with E-state index in [2.05, 4.69) is 9.98 Å². The third-order valence-corrected chi connectivity index (χ3v) is 5.48. The first-order valence-corrected chi connectivity index (χ1v) is 9.83. The van der Waals surface area contributed by atoms with Gasteiger partial charge in [-0.05, 0) is 18.9 Å². The monoisotopic (exact) mass is 405 g/mol. The Morgan fingerprint density at radius 3 is 3.11 bits per heavy atom. The molecule has 3 heterocycles. The fraction of sp³-hybridized carbons (Fsp3) is 0.353. The standard InChI is InChI=1S/C17H20N5O5P/c18-9-20-17-15(16(19)23)21-10-22(17)14-6-5-12(26-14)8-25-28-24-7-11-3-1-2-4-13(11)27-28/h1-4,9-10,12,14H,5-8H2,(H2,18,20)(H2,19,23). The average molecular weight is 405 g/mol. The van der Waals surface area contributed by atoms with Crippen LogP contribution in [0.1, 0.15) is 35.1 Å². The number of ether oxygens (including phenoxy) is 1. The molecule has 2 aliphatic rings. The van der Waals surface area contributed by atoms with E-state index in [1.165, 1.54) is 6.33 Å². The number of nitrogens with zero attached hydrogens (tertiary/aromatic N) is 3. The molecule has 0 radical (unpaired) electrons. The fourth-order valence-corrected chi connectivity index (χ4v) is 4.15. The molecule has 2 aliphatic heterocycles. The summed E-state index contributed by atoms with van der Waals surface area (Å²) in [5, 5.41) is 0. The lowest BCUT2D eigenvalue weighted by Crippen LogP contribution is -2.17. The molecule has 10 nitrogen and oxygen atoms in total. The Balaban J connectivity index is 1.35. The van der Waals surface area contributed by atoms with E-state index in [4.69, 9.17) is 29.8 Å². The van der Waals surface area contributed by atoms with Crippen molar-refractivity contribution in [3.8, 4) is 5.75 Å². The predicted molar refractivity (Wildman–Crippen MR) is 101 cm³/mol. The summed E-state index contributed by atoms with van der Waals surface area (Å²) in [6.07, 6.45) is 3.55. The number of hydrogen-bond donors (Lipinski definition) is 2. The molecular formula is C17H20N5O5P. The van der Waals surface area contributed by atoms with Gasteiger partial charge in [-0.3, -0.25) is 18.4 Å². The summed E-state index contributed by atoms with van der Waals surface area (Å²) in [5.74, 6) is 0.389. The second kappa shape index (κ2) is 8.24. The highest BCUT2D eigenvalue weighted by atomic mass is 31.2. The zero-order valence-corrected chi connectivity index (χ0v) is 15.8. The number of aromatic nitrogens is 2. The maximum atomic E-state index is 11.5. The summed E-state index contributed by atoms with van der Waals surface area (Å²) in [5.41, 5.74) is 11.8. The maximum Gasteiger partial charge on any atom is 0.397 e. The van der Waals surface area contributed by atoms with Crippen molar-refractivity contribution in [2.75, 3.05) is 6.61 Å². The molecule has 148 valence electrons. The number of imidazole rings is 1. The summed E-state index contributed by atoms with van der Waals surface area (Å²) in [7, 11) is -1.46. The Kier molecular flexibility index (Phi) is 5.54. The topological polar surface area (TPSA) is 136 Å². The van der Waals surface area contributed by atoms with E-state index in [9.17, 15) is 4.79 Å². The van der Waals surface area contributed by atoms with Crippen LogP contribution in [0.25, 0.3) is 0 Å². The molecule has 0 spiro atoms. The van der Waals surface area contributed by atoms with Gasteiger partial charge >= 0.3 is 8.60 Å². The number of aliphatic imine (C=N–C) groups is 1. The molecule has 2 aromatic rings. The summed E-state index contributed by atoms with van der Waals surface area (Å²) >= 11 is 0. The van der Waals surface area contributed by atoms with E-state index in [1.54, 1.807) is 4.57 Å². The van der Waals surface area contributed by atoms with Gasteiger partial charge in [0.25, 0.3) is 5.91 Å². The van der Waals surface area contributed by atoms with Crippen molar-refractivity contribution < 1.29 is 23.1 Å². The molecule has 0 bridgehead atoms. The Hall–Kier alpha value is -2.52. The minimum atomic E-state index is -1.46. The van der Waals surface area contributed by atoms with Crippen molar-refractivity contribution >= 4 is 26.7 Å². The van der Waals surface area contributed by atoms with Crippen LogP contribution >= 0.6 is 8.60 Å². The van der Waals surface area contributed by atoms with Gasteiger partial charge in [0.2, 0.25) is 0 Å². The number of amides is 1. The first-order chi connectivity index (χ1) is 13.7. The van der Waals surface area contributed by atoms with E-state index in [0.717, 1.165) is 24.1 Å². The molecular weight excluding hydrogens is 385 g/mol. The van der Waals surface area contributed by atoms with Gasteiger partial charge in [0, 0.05) is 5.56 Å². The van der Waals surface area contributed by atoms with Gasteiger partial charge in [0.15, 0.2) is 11.5 Å². The van der Waals surface area contributed by atoms with E-state index < -0.39 is 14.5 Å². The Bertz CT molecular complexity index is 889. The van der Waals surface area contributed by atoms with Crippen LogP contribution in [0.3, 0.4) is 0 Å². The zero-order valence-electron chi connectivity index (χ0n) is 14.9. The van der Waals surface area contributed by atoms with Gasteiger partial charge in [0.05, 0.1) is 32.0 Å². The lowest BCUT2D eigenvalue weighted by Gasteiger charge is -2.24. The number of hydrogen-bond acceptors (Lipinski definition) is 7. The first-order valence-electron chi connectivity index (χ1n) is 8.74. The lowest BCUT2D eigenvalue weighted by molar-refractivity contribution is -0.0198. The van der Waals surface area contributed by atoms with Crippen LogP contribution in [-0.2, 0) is 20.4 Å². The molecule has 11 heteroatoms. The predicted octanol–water partition coefficient (Wildman–Crippen LogP) is 2.13. The third-order valence-electron chi connectivity index (χ3n) is 4.43. The minimum Gasteiger partial charge on any atom is -0.426 e. The molecule has 1 amide bonds. The number of para-hydroxylation sites is 1. The number of carbonyl (C=O) groups excluding carboxylic acids is 1. The molecule has 3 unspecified atom stereocenters. The molecule has 1 fully saturated rings. The van der Waals surface area contributed by atoms with Gasteiger partial charge in [0.1, 0.15) is 12.0 Å². The molecule has 1 saturated heterocycles. The van der Waals surface area contributed by atoms with Crippen molar-refractivity contribution in [3.63, 3.8) is 0 Å². The third kappa shape index (κ3) is 3.85.